The number of aryl methyl sites for hydroxylation is 2. The first-order valence-electron chi connectivity index (χ1n) is 11.6. The number of alkyl halides is 4. The van der Waals surface area contributed by atoms with E-state index < -0.39 is 11.7 Å². The number of aliphatic hydroxyl groups excluding tert-OH is 1. The summed E-state index contributed by atoms with van der Waals surface area (Å²) in [5.74, 6) is 0. The van der Waals surface area contributed by atoms with Crippen molar-refractivity contribution in [3.8, 4) is 11.3 Å². The highest BCUT2D eigenvalue weighted by molar-refractivity contribution is 14.1. The van der Waals surface area contributed by atoms with Gasteiger partial charge in [0.2, 0.25) is 0 Å². The predicted octanol–water partition coefficient (Wildman–Crippen LogP) is 8.85. The van der Waals surface area contributed by atoms with E-state index in [4.69, 9.17) is 0 Å². The highest BCUT2D eigenvalue weighted by atomic mass is 127. The van der Waals surface area contributed by atoms with Crippen LogP contribution in [0.15, 0.2) is 77.4 Å². The average Bonchev–Trinajstić information content (AvgIpc) is 3.22. The quantitative estimate of drug-likeness (QED) is 0.152. The Morgan fingerprint density at radius 1 is 0.946 bits per heavy atom. The molecule has 0 unspecified atom stereocenters. The Hall–Kier alpha value is -2.43. The Morgan fingerprint density at radius 2 is 1.65 bits per heavy atom. The van der Waals surface area contributed by atoms with Gasteiger partial charge < -0.3 is 9.67 Å². The number of hydrogen-bond acceptors (Lipinski definition) is 2. The van der Waals surface area contributed by atoms with Crippen LogP contribution in [0.5, 0.6) is 0 Å². The molecule has 0 saturated carbocycles. The fourth-order valence-electron chi connectivity index (χ4n) is 4.17. The molecule has 0 fully saturated rings. The molecule has 2 aromatic heterocycles. The van der Waals surface area contributed by atoms with Gasteiger partial charge in [0.1, 0.15) is 0 Å². The smallest absolute Gasteiger partial charge is 0.392 e. The molecule has 37 heavy (non-hydrogen) atoms. The lowest BCUT2D eigenvalue weighted by Crippen LogP contribution is -2.05. The zero-order chi connectivity index (χ0) is 26.7. The molecule has 1 N–H and O–H groups in total. The lowest BCUT2D eigenvalue weighted by atomic mass is 10.0. The van der Waals surface area contributed by atoms with Crippen molar-refractivity contribution < 1.29 is 18.3 Å². The first kappa shape index (κ1) is 27.6. The third-order valence-corrected chi connectivity index (χ3v) is 7.58. The highest BCUT2D eigenvalue weighted by Crippen LogP contribution is 2.36. The molecule has 192 valence electrons. The van der Waals surface area contributed by atoms with Crippen LogP contribution in [-0.2, 0) is 30.7 Å². The molecule has 2 heterocycles. The number of aliphatic hydroxyl groups is 1. The molecule has 0 saturated heterocycles. The van der Waals surface area contributed by atoms with Gasteiger partial charge in [-0.1, -0.05) is 69.7 Å². The standard InChI is InChI=1S/C20H14BrF3N2O.C9H11I/c1-26-9-16(15-8-13(21)3-5-19(15)26)18-6-11(10-27)14-7-12(20(22,23)24)2-4-17(14)25-18;1-2-8-3-5-9(7-10)6-4-8/h2-9,27H,10H2,1H3;3-6H,2,7H2,1H3. The molecule has 0 aliphatic heterocycles. The van der Waals surface area contributed by atoms with Crippen LogP contribution in [-0.4, -0.2) is 14.7 Å². The minimum absolute atomic E-state index is 0.303. The second-order valence-electron chi connectivity index (χ2n) is 8.67. The summed E-state index contributed by atoms with van der Waals surface area (Å²) in [4.78, 5) is 4.56. The molecule has 0 atom stereocenters. The number of fused-ring (bicyclic) bond motifs is 2. The summed E-state index contributed by atoms with van der Waals surface area (Å²) in [7, 11) is 1.92. The van der Waals surface area contributed by atoms with E-state index in [-0.39, 0.29) is 6.61 Å². The second kappa shape index (κ2) is 11.5. The van der Waals surface area contributed by atoms with Gasteiger partial charge in [-0.05, 0) is 65.6 Å². The molecule has 5 rings (SSSR count). The maximum atomic E-state index is 13.0. The van der Waals surface area contributed by atoms with Gasteiger partial charge in [-0.15, -0.1) is 0 Å². The van der Waals surface area contributed by atoms with E-state index in [0.717, 1.165) is 43.9 Å². The maximum Gasteiger partial charge on any atom is 0.416 e. The van der Waals surface area contributed by atoms with E-state index in [9.17, 15) is 18.3 Å². The summed E-state index contributed by atoms with van der Waals surface area (Å²) in [6, 6.07) is 19.8. The van der Waals surface area contributed by atoms with Crippen molar-refractivity contribution in [2.24, 2.45) is 7.05 Å². The molecule has 3 aromatic carbocycles. The van der Waals surface area contributed by atoms with Crippen molar-refractivity contribution in [3.63, 3.8) is 0 Å². The summed E-state index contributed by atoms with van der Waals surface area (Å²) in [5.41, 5.74) is 5.37. The van der Waals surface area contributed by atoms with Crippen molar-refractivity contribution >= 4 is 60.3 Å². The van der Waals surface area contributed by atoms with Crippen molar-refractivity contribution in [1.82, 2.24) is 9.55 Å². The summed E-state index contributed by atoms with van der Waals surface area (Å²) in [6.45, 7) is 1.81. The van der Waals surface area contributed by atoms with Crippen LogP contribution in [0, 0.1) is 0 Å². The molecule has 0 spiro atoms. The fourth-order valence-corrected chi connectivity index (χ4v) is 5.04. The molecule has 8 heteroatoms. The lowest BCUT2D eigenvalue weighted by Gasteiger charge is -2.11. The predicted molar refractivity (Wildman–Crippen MR) is 156 cm³/mol. The lowest BCUT2D eigenvalue weighted by molar-refractivity contribution is -0.137. The van der Waals surface area contributed by atoms with Gasteiger partial charge >= 0.3 is 6.18 Å². The van der Waals surface area contributed by atoms with Crippen molar-refractivity contribution in [2.75, 3.05) is 0 Å². The molecular formula is C29H25BrF3IN2O. The minimum atomic E-state index is -4.44. The van der Waals surface area contributed by atoms with Gasteiger partial charge in [-0.2, -0.15) is 13.2 Å². The van der Waals surface area contributed by atoms with E-state index in [1.165, 1.54) is 17.2 Å². The molecule has 0 aliphatic carbocycles. The van der Waals surface area contributed by atoms with Crippen molar-refractivity contribution in [1.29, 1.82) is 0 Å². The molecule has 3 nitrogen and oxygen atoms in total. The van der Waals surface area contributed by atoms with Crippen LogP contribution in [0.4, 0.5) is 13.2 Å². The molecule has 0 radical (unpaired) electrons. The van der Waals surface area contributed by atoms with E-state index in [0.29, 0.717) is 22.2 Å². The molecular weight excluding hydrogens is 656 g/mol. The van der Waals surface area contributed by atoms with Gasteiger partial charge in [0.05, 0.1) is 23.4 Å². The second-order valence-corrected chi connectivity index (χ2v) is 10.4. The number of benzene rings is 3. The van der Waals surface area contributed by atoms with Crippen LogP contribution in [0.1, 0.15) is 29.2 Å². The minimum Gasteiger partial charge on any atom is -0.392 e. The largest absolute Gasteiger partial charge is 0.416 e. The van der Waals surface area contributed by atoms with Crippen molar-refractivity contribution in [2.45, 2.75) is 30.6 Å². The normalized spacial score (nSPS) is 11.6. The summed E-state index contributed by atoms with van der Waals surface area (Å²) in [6.07, 6.45) is -1.38. The third kappa shape index (κ3) is 6.18. The number of rotatable bonds is 4. The van der Waals surface area contributed by atoms with Crippen LogP contribution >= 0.6 is 38.5 Å². The Balaban J connectivity index is 0.000000270. The van der Waals surface area contributed by atoms with Crippen LogP contribution in [0.3, 0.4) is 0 Å². The topological polar surface area (TPSA) is 38.0 Å². The number of hydrogen-bond donors (Lipinski definition) is 1. The summed E-state index contributed by atoms with van der Waals surface area (Å²) in [5, 5.41) is 11.0. The number of aromatic nitrogens is 2. The molecule has 0 bridgehead atoms. The number of halogens is 5. The fraction of sp³-hybridized carbons (Fsp3) is 0.207. The summed E-state index contributed by atoms with van der Waals surface area (Å²) < 4.78 is 43.1. The van der Waals surface area contributed by atoms with Gasteiger partial charge in [-0.3, -0.25) is 0 Å². The van der Waals surface area contributed by atoms with Crippen molar-refractivity contribution in [3.05, 3.63) is 99.7 Å². The van der Waals surface area contributed by atoms with E-state index in [2.05, 4.69) is 74.7 Å². The molecule has 5 aromatic rings. The zero-order valence-electron chi connectivity index (χ0n) is 20.3. The van der Waals surface area contributed by atoms with Crippen LogP contribution in [0.2, 0.25) is 0 Å². The van der Waals surface area contributed by atoms with E-state index >= 15 is 0 Å². The monoisotopic (exact) mass is 680 g/mol. The Kier molecular flexibility index (Phi) is 8.60. The average molecular weight is 681 g/mol. The molecule has 0 aliphatic rings. The molecule has 0 amide bonds. The Bertz CT molecular complexity index is 1520. The SMILES string of the molecule is CCc1ccc(CI)cc1.Cn1cc(-c2cc(CO)c3cc(C(F)(F)F)ccc3n2)c2cc(Br)ccc21. The zero-order valence-corrected chi connectivity index (χ0v) is 24.0. The van der Waals surface area contributed by atoms with Crippen LogP contribution < -0.4 is 0 Å². The Morgan fingerprint density at radius 3 is 2.27 bits per heavy atom. The van der Waals surface area contributed by atoms with Gasteiger partial charge in [0.25, 0.3) is 0 Å². The van der Waals surface area contributed by atoms with Gasteiger partial charge in [0, 0.05) is 44.0 Å². The maximum absolute atomic E-state index is 13.0. The summed E-state index contributed by atoms with van der Waals surface area (Å²) >= 11 is 5.84. The van der Waals surface area contributed by atoms with E-state index in [1.807, 2.05) is 36.0 Å². The number of pyridine rings is 1. The van der Waals surface area contributed by atoms with Crippen LogP contribution in [0.25, 0.3) is 33.1 Å². The van der Waals surface area contributed by atoms with E-state index in [1.54, 1.807) is 6.07 Å². The first-order valence-corrected chi connectivity index (χ1v) is 14.0. The Labute approximate surface area is 235 Å². The first-order chi connectivity index (χ1) is 17.6. The number of nitrogens with zero attached hydrogens (tertiary/aromatic N) is 2. The highest BCUT2D eigenvalue weighted by Gasteiger charge is 2.30. The van der Waals surface area contributed by atoms with Gasteiger partial charge in [-0.25, -0.2) is 4.98 Å². The third-order valence-electron chi connectivity index (χ3n) is 6.21. The van der Waals surface area contributed by atoms with Gasteiger partial charge in [0.15, 0.2) is 0 Å².